The van der Waals surface area contributed by atoms with Gasteiger partial charge in [0, 0.05) is 12.2 Å². The van der Waals surface area contributed by atoms with E-state index in [1.165, 1.54) is 0 Å². The number of nitrogens with one attached hydrogen (secondary N) is 1. The molecule has 0 unspecified atom stereocenters. The van der Waals surface area contributed by atoms with Gasteiger partial charge in [0.1, 0.15) is 0 Å². The SMILES string of the molecule is CCNc1ccc(N=Nc2ccc(N=Nc3ccc(C(=O)OCC)cc3)cc2)cc1. The molecule has 3 rings (SSSR count). The van der Waals surface area contributed by atoms with Gasteiger partial charge in [0.25, 0.3) is 0 Å². The first-order chi connectivity index (χ1) is 14.7. The van der Waals surface area contributed by atoms with Crippen molar-refractivity contribution in [3.05, 3.63) is 78.4 Å². The van der Waals surface area contributed by atoms with Gasteiger partial charge in [-0.25, -0.2) is 4.79 Å². The van der Waals surface area contributed by atoms with Gasteiger partial charge in [-0.05, 0) is 86.6 Å². The van der Waals surface area contributed by atoms with Crippen molar-refractivity contribution < 1.29 is 9.53 Å². The van der Waals surface area contributed by atoms with E-state index < -0.39 is 0 Å². The topological polar surface area (TPSA) is 87.8 Å². The molecule has 0 aliphatic carbocycles. The van der Waals surface area contributed by atoms with Crippen LogP contribution in [-0.2, 0) is 4.74 Å². The third kappa shape index (κ3) is 6.07. The number of nitrogens with zero attached hydrogens (tertiary/aromatic N) is 4. The monoisotopic (exact) mass is 401 g/mol. The summed E-state index contributed by atoms with van der Waals surface area (Å²) >= 11 is 0. The van der Waals surface area contributed by atoms with Crippen LogP contribution in [0, 0.1) is 0 Å². The first-order valence-electron chi connectivity index (χ1n) is 9.72. The zero-order valence-corrected chi connectivity index (χ0v) is 16.9. The van der Waals surface area contributed by atoms with Crippen LogP contribution in [0.15, 0.2) is 93.3 Å². The minimum atomic E-state index is -0.348. The molecule has 1 N–H and O–H groups in total. The molecule has 7 nitrogen and oxygen atoms in total. The lowest BCUT2D eigenvalue weighted by Crippen LogP contribution is -2.03. The van der Waals surface area contributed by atoms with Gasteiger partial charge in [0.15, 0.2) is 0 Å². The highest BCUT2D eigenvalue weighted by atomic mass is 16.5. The van der Waals surface area contributed by atoms with Crippen LogP contribution in [0.25, 0.3) is 0 Å². The fourth-order valence-electron chi connectivity index (χ4n) is 2.55. The maximum Gasteiger partial charge on any atom is 0.338 e. The van der Waals surface area contributed by atoms with E-state index in [4.69, 9.17) is 4.74 Å². The zero-order valence-electron chi connectivity index (χ0n) is 16.9. The molecular weight excluding hydrogens is 378 g/mol. The lowest BCUT2D eigenvalue weighted by molar-refractivity contribution is 0.0526. The van der Waals surface area contributed by atoms with Gasteiger partial charge < -0.3 is 10.1 Å². The molecule has 152 valence electrons. The first kappa shape index (κ1) is 20.9. The second kappa shape index (κ2) is 10.6. The van der Waals surface area contributed by atoms with Crippen molar-refractivity contribution in [1.82, 2.24) is 0 Å². The van der Waals surface area contributed by atoms with Crippen LogP contribution in [0.5, 0.6) is 0 Å². The zero-order chi connectivity index (χ0) is 21.2. The Morgan fingerprint density at radius 3 is 1.50 bits per heavy atom. The second-order valence-electron chi connectivity index (χ2n) is 6.26. The van der Waals surface area contributed by atoms with E-state index in [2.05, 4.69) is 32.7 Å². The maximum atomic E-state index is 11.7. The Hall–Kier alpha value is -3.87. The predicted octanol–water partition coefficient (Wildman–Crippen LogP) is 7.13. The Morgan fingerprint density at radius 1 is 0.700 bits per heavy atom. The molecule has 0 amide bonds. The maximum absolute atomic E-state index is 11.7. The number of rotatable bonds is 8. The van der Waals surface area contributed by atoms with Crippen molar-refractivity contribution in [2.75, 3.05) is 18.5 Å². The third-order valence-electron chi connectivity index (χ3n) is 4.04. The van der Waals surface area contributed by atoms with E-state index in [0.29, 0.717) is 23.5 Å². The number of azo groups is 2. The van der Waals surface area contributed by atoms with Crippen LogP contribution < -0.4 is 5.32 Å². The van der Waals surface area contributed by atoms with Crippen molar-refractivity contribution in [3.8, 4) is 0 Å². The van der Waals surface area contributed by atoms with Gasteiger partial charge in [-0.2, -0.15) is 20.5 Å². The Balaban J connectivity index is 1.59. The van der Waals surface area contributed by atoms with Crippen molar-refractivity contribution in [3.63, 3.8) is 0 Å². The van der Waals surface area contributed by atoms with Crippen LogP contribution >= 0.6 is 0 Å². The molecule has 0 aromatic heterocycles. The summed E-state index contributed by atoms with van der Waals surface area (Å²) in [6, 6.07) is 21.8. The number of ether oxygens (including phenoxy) is 1. The highest BCUT2D eigenvalue weighted by molar-refractivity contribution is 5.89. The van der Waals surface area contributed by atoms with Gasteiger partial charge >= 0.3 is 5.97 Å². The summed E-state index contributed by atoms with van der Waals surface area (Å²) in [6.45, 7) is 5.05. The van der Waals surface area contributed by atoms with Crippen molar-refractivity contribution in [1.29, 1.82) is 0 Å². The molecule has 0 aliphatic heterocycles. The molecule has 0 atom stereocenters. The number of hydrogen-bond donors (Lipinski definition) is 1. The van der Waals surface area contributed by atoms with Crippen molar-refractivity contribution in [2.24, 2.45) is 20.5 Å². The lowest BCUT2D eigenvalue weighted by atomic mass is 10.2. The Morgan fingerprint density at radius 2 is 1.10 bits per heavy atom. The van der Waals surface area contributed by atoms with Crippen molar-refractivity contribution in [2.45, 2.75) is 13.8 Å². The average molecular weight is 401 g/mol. The number of anilines is 1. The number of esters is 1. The number of carbonyl (C=O) groups excluding carboxylic acids is 1. The highest BCUT2D eigenvalue weighted by Gasteiger charge is 2.05. The van der Waals surface area contributed by atoms with E-state index >= 15 is 0 Å². The fourth-order valence-corrected chi connectivity index (χ4v) is 2.55. The van der Waals surface area contributed by atoms with E-state index in [0.717, 1.165) is 23.6 Å². The molecule has 0 radical (unpaired) electrons. The predicted molar refractivity (Wildman–Crippen MR) is 118 cm³/mol. The standard InChI is InChI=1S/C23H23N5O2/c1-3-24-18-9-11-20(12-10-18)26-28-22-15-13-21(14-16-22)27-25-19-7-5-17(6-8-19)23(29)30-4-2/h5-16,24H,3-4H2,1-2H3. The minimum Gasteiger partial charge on any atom is -0.462 e. The van der Waals surface area contributed by atoms with E-state index in [1.807, 2.05) is 48.5 Å². The molecule has 7 heteroatoms. The normalized spacial score (nSPS) is 11.1. The van der Waals surface area contributed by atoms with Crippen LogP contribution in [-0.4, -0.2) is 19.1 Å². The molecule has 0 spiro atoms. The molecule has 0 saturated heterocycles. The molecule has 0 heterocycles. The van der Waals surface area contributed by atoms with Crippen molar-refractivity contribution >= 4 is 34.4 Å². The van der Waals surface area contributed by atoms with Gasteiger partial charge in [0.05, 0.1) is 34.9 Å². The largest absolute Gasteiger partial charge is 0.462 e. The van der Waals surface area contributed by atoms with Gasteiger partial charge in [-0.15, -0.1) is 0 Å². The van der Waals surface area contributed by atoms with Crippen LogP contribution in [0.3, 0.4) is 0 Å². The van der Waals surface area contributed by atoms with Gasteiger partial charge in [-0.3, -0.25) is 0 Å². The Kier molecular flexibility index (Phi) is 7.38. The first-order valence-corrected chi connectivity index (χ1v) is 9.72. The minimum absolute atomic E-state index is 0.346. The molecule has 3 aromatic carbocycles. The molecular formula is C23H23N5O2. The van der Waals surface area contributed by atoms with Gasteiger partial charge in [0.2, 0.25) is 0 Å². The molecule has 0 aliphatic rings. The third-order valence-corrected chi connectivity index (χ3v) is 4.04. The van der Waals surface area contributed by atoms with E-state index in [-0.39, 0.29) is 5.97 Å². The molecule has 0 saturated carbocycles. The van der Waals surface area contributed by atoms with Crippen LogP contribution in [0.4, 0.5) is 28.4 Å². The molecule has 3 aromatic rings. The summed E-state index contributed by atoms with van der Waals surface area (Å²) in [5.41, 5.74) is 4.39. The summed E-state index contributed by atoms with van der Waals surface area (Å²) in [5.74, 6) is -0.348. The Labute approximate surface area is 175 Å². The second-order valence-corrected chi connectivity index (χ2v) is 6.26. The van der Waals surface area contributed by atoms with Gasteiger partial charge in [-0.1, -0.05) is 0 Å². The fraction of sp³-hybridized carbons (Fsp3) is 0.174. The number of hydrogen-bond acceptors (Lipinski definition) is 7. The molecule has 0 bridgehead atoms. The summed E-state index contributed by atoms with van der Waals surface area (Å²) in [7, 11) is 0. The smallest absolute Gasteiger partial charge is 0.338 e. The number of carbonyl (C=O) groups is 1. The van der Waals surface area contributed by atoms with E-state index in [1.54, 1.807) is 31.2 Å². The Bertz CT molecular complexity index is 1010. The van der Waals surface area contributed by atoms with Crippen LogP contribution in [0.2, 0.25) is 0 Å². The lowest BCUT2D eigenvalue weighted by Gasteiger charge is -2.02. The summed E-state index contributed by atoms with van der Waals surface area (Å²) in [6.07, 6.45) is 0. The van der Waals surface area contributed by atoms with E-state index in [9.17, 15) is 4.79 Å². The highest BCUT2D eigenvalue weighted by Crippen LogP contribution is 2.24. The average Bonchev–Trinajstić information content (AvgIpc) is 2.79. The molecule has 0 fully saturated rings. The van der Waals surface area contributed by atoms with Crippen LogP contribution in [0.1, 0.15) is 24.2 Å². The summed E-state index contributed by atoms with van der Waals surface area (Å²) < 4.78 is 4.96. The molecule has 30 heavy (non-hydrogen) atoms. The quantitative estimate of drug-likeness (QED) is 0.322. The number of benzene rings is 3. The summed E-state index contributed by atoms with van der Waals surface area (Å²) in [5, 5.41) is 20.1. The summed E-state index contributed by atoms with van der Waals surface area (Å²) in [4.78, 5) is 11.7.